The zero-order valence-corrected chi connectivity index (χ0v) is 23.6. The summed E-state index contributed by atoms with van der Waals surface area (Å²) in [5, 5.41) is 6.24. The van der Waals surface area contributed by atoms with Gasteiger partial charge in [-0.2, -0.15) is 0 Å². The third-order valence-electron chi connectivity index (χ3n) is 8.70. The number of carbonyl (C=O) groups is 3. The van der Waals surface area contributed by atoms with Crippen molar-refractivity contribution < 1.29 is 23.9 Å². The first-order valence-corrected chi connectivity index (χ1v) is 15.2. The Bertz CT molecular complexity index is 1340. The number of hydrogen-bond acceptors (Lipinski definition) is 6. The van der Waals surface area contributed by atoms with Crippen molar-refractivity contribution in [2.24, 2.45) is 11.8 Å². The molecule has 40 heavy (non-hydrogen) atoms. The highest BCUT2D eigenvalue weighted by molar-refractivity contribution is 7.98. The van der Waals surface area contributed by atoms with Gasteiger partial charge in [-0.05, 0) is 55.0 Å². The van der Waals surface area contributed by atoms with Crippen LogP contribution >= 0.6 is 11.8 Å². The molecule has 3 heterocycles. The molecule has 2 aromatic rings. The molecule has 3 aliphatic heterocycles. The Labute approximate surface area is 238 Å². The van der Waals surface area contributed by atoms with E-state index in [-0.39, 0.29) is 30.3 Å². The van der Waals surface area contributed by atoms with E-state index in [0.29, 0.717) is 11.4 Å². The van der Waals surface area contributed by atoms with E-state index in [4.69, 9.17) is 9.47 Å². The maximum atomic E-state index is 14.2. The van der Waals surface area contributed by atoms with Gasteiger partial charge in [-0.3, -0.25) is 14.4 Å². The average molecular weight is 562 g/mol. The number of nitrogens with zero attached hydrogens (tertiary/aromatic N) is 1. The number of fused-ring (bicyclic) bond motifs is 1. The van der Waals surface area contributed by atoms with Crippen LogP contribution in [0, 0.1) is 11.8 Å². The highest BCUT2D eigenvalue weighted by Gasteiger charge is 2.72. The van der Waals surface area contributed by atoms with Crippen LogP contribution in [0.5, 0.6) is 5.75 Å². The summed E-state index contributed by atoms with van der Waals surface area (Å²) < 4.78 is 11.9. The van der Waals surface area contributed by atoms with Crippen LogP contribution in [0.1, 0.15) is 37.7 Å². The molecule has 1 aliphatic carbocycles. The third kappa shape index (κ3) is 4.69. The molecule has 6 rings (SSSR count). The van der Waals surface area contributed by atoms with Gasteiger partial charge >= 0.3 is 0 Å². The smallest absolute Gasteiger partial charge is 0.246 e. The summed E-state index contributed by atoms with van der Waals surface area (Å²) in [6.07, 6.45) is 10.3. The van der Waals surface area contributed by atoms with Crippen molar-refractivity contribution in [1.82, 2.24) is 10.2 Å². The summed E-state index contributed by atoms with van der Waals surface area (Å²) in [6.45, 7) is 0.211. The molecule has 1 saturated carbocycles. The van der Waals surface area contributed by atoms with E-state index in [1.165, 1.54) is 6.42 Å². The molecule has 9 heteroatoms. The largest absolute Gasteiger partial charge is 0.497 e. The maximum absolute atomic E-state index is 14.2. The first kappa shape index (κ1) is 26.9. The normalized spacial score (nSPS) is 28.9. The van der Waals surface area contributed by atoms with Crippen molar-refractivity contribution in [3.05, 3.63) is 66.2 Å². The number of hydrogen-bond donors (Lipinski definition) is 2. The van der Waals surface area contributed by atoms with Crippen molar-refractivity contribution in [2.45, 2.75) is 67.3 Å². The zero-order valence-electron chi connectivity index (χ0n) is 22.8. The van der Waals surface area contributed by atoms with Gasteiger partial charge in [0.15, 0.2) is 0 Å². The molecule has 1 spiro atoms. The van der Waals surface area contributed by atoms with Crippen molar-refractivity contribution in [3.8, 4) is 5.75 Å². The quantitative estimate of drug-likeness (QED) is 0.371. The van der Waals surface area contributed by atoms with Gasteiger partial charge in [0.25, 0.3) is 0 Å². The van der Waals surface area contributed by atoms with Crippen molar-refractivity contribution in [3.63, 3.8) is 0 Å². The van der Waals surface area contributed by atoms with Gasteiger partial charge in [-0.1, -0.05) is 49.6 Å². The summed E-state index contributed by atoms with van der Waals surface area (Å²) in [5.41, 5.74) is 0.318. The number of benzene rings is 2. The van der Waals surface area contributed by atoms with Gasteiger partial charge in [-0.15, -0.1) is 11.8 Å². The molecule has 2 N–H and O–H groups in total. The van der Waals surface area contributed by atoms with E-state index in [2.05, 4.69) is 10.6 Å². The number of ether oxygens (including phenoxy) is 2. The van der Waals surface area contributed by atoms with Crippen LogP contribution < -0.4 is 15.4 Å². The second kappa shape index (κ2) is 10.9. The molecule has 2 aromatic carbocycles. The maximum Gasteiger partial charge on any atom is 0.246 e. The molecule has 210 valence electrons. The first-order chi connectivity index (χ1) is 19.4. The summed E-state index contributed by atoms with van der Waals surface area (Å²) >= 11 is 1.59. The number of nitrogens with one attached hydrogen (secondary N) is 2. The lowest BCUT2D eigenvalue weighted by Crippen LogP contribution is -2.56. The van der Waals surface area contributed by atoms with E-state index < -0.39 is 29.6 Å². The molecule has 8 nitrogen and oxygen atoms in total. The molecule has 3 fully saturated rings. The van der Waals surface area contributed by atoms with E-state index in [9.17, 15) is 14.4 Å². The molecule has 0 aromatic heterocycles. The van der Waals surface area contributed by atoms with Gasteiger partial charge in [0.05, 0.1) is 25.0 Å². The fourth-order valence-electron chi connectivity index (χ4n) is 6.86. The molecule has 5 atom stereocenters. The molecular formula is C31H35N3O5S. The Morgan fingerprint density at radius 2 is 1.90 bits per heavy atom. The van der Waals surface area contributed by atoms with Crippen LogP contribution in [0.4, 0.5) is 5.69 Å². The van der Waals surface area contributed by atoms with Gasteiger partial charge in [0.1, 0.15) is 17.4 Å². The van der Waals surface area contributed by atoms with Gasteiger partial charge in [-0.25, -0.2) is 0 Å². The van der Waals surface area contributed by atoms with Crippen LogP contribution in [0.15, 0.2) is 65.6 Å². The molecule has 0 radical (unpaired) electrons. The molecule has 4 aliphatic rings. The number of likely N-dealkylation sites (tertiary alicyclic amines) is 1. The Hall–Kier alpha value is -3.30. The second-order valence-corrected chi connectivity index (χ2v) is 12.0. The zero-order chi connectivity index (χ0) is 27.9. The first-order valence-electron chi connectivity index (χ1n) is 14.0. The van der Waals surface area contributed by atoms with Crippen molar-refractivity contribution in [1.29, 1.82) is 0 Å². The van der Waals surface area contributed by atoms with E-state index >= 15 is 0 Å². The highest BCUT2D eigenvalue weighted by atomic mass is 32.2. The van der Waals surface area contributed by atoms with Crippen LogP contribution in [0.25, 0.3) is 0 Å². The second-order valence-electron chi connectivity index (χ2n) is 11.1. The summed E-state index contributed by atoms with van der Waals surface area (Å²) in [4.78, 5) is 44.6. The van der Waals surface area contributed by atoms with Crippen molar-refractivity contribution in [2.75, 3.05) is 18.7 Å². The van der Waals surface area contributed by atoms with Crippen LogP contribution in [0.2, 0.25) is 0 Å². The third-order valence-corrected chi connectivity index (χ3v) is 9.43. The van der Waals surface area contributed by atoms with E-state index in [1.807, 2.05) is 66.9 Å². The molecular weight excluding hydrogens is 526 g/mol. The monoisotopic (exact) mass is 561 g/mol. The predicted octanol–water partition coefficient (Wildman–Crippen LogP) is 4.16. The highest BCUT2D eigenvalue weighted by Crippen LogP contribution is 2.55. The standard InChI is InChI=1S/C31H35N3O5S/c1-38-22-12-6-8-19(16-22)18-34-27(29(36)32-20-9-4-3-5-10-20)31-15-14-24(39-31)25(26(31)30(34)37)28(35)33-21-11-7-13-23(17-21)40-2/h6-8,11-17,20,24-27H,3-5,9-10,18H2,1-2H3,(H,32,36)(H,33,35)/t24-,25+,26-,27+,31-/m0/s1. The minimum absolute atomic E-state index is 0.0795. The van der Waals surface area contributed by atoms with Gasteiger partial charge in [0.2, 0.25) is 17.7 Å². The Morgan fingerprint density at radius 3 is 2.67 bits per heavy atom. The number of thioether (sulfide) groups is 1. The fraction of sp³-hybridized carbons (Fsp3) is 0.452. The molecule has 0 unspecified atom stereocenters. The fourth-order valence-corrected chi connectivity index (χ4v) is 7.32. The van der Waals surface area contributed by atoms with E-state index in [0.717, 1.165) is 36.1 Å². The van der Waals surface area contributed by atoms with Crippen LogP contribution in [-0.4, -0.2) is 59.8 Å². The molecule has 3 amide bonds. The number of amides is 3. The van der Waals surface area contributed by atoms with Crippen LogP contribution in [-0.2, 0) is 25.7 Å². The predicted molar refractivity (Wildman–Crippen MR) is 153 cm³/mol. The lowest BCUT2D eigenvalue weighted by atomic mass is 9.74. The lowest BCUT2D eigenvalue weighted by Gasteiger charge is -2.34. The van der Waals surface area contributed by atoms with Gasteiger partial charge in [0, 0.05) is 23.2 Å². The Morgan fingerprint density at radius 1 is 1.10 bits per heavy atom. The van der Waals surface area contributed by atoms with Crippen molar-refractivity contribution >= 4 is 35.2 Å². The topological polar surface area (TPSA) is 97.0 Å². The van der Waals surface area contributed by atoms with E-state index in [1.54, 1.807) is 23.8 Å². The number of methoxy groups -OCH3 is 1. The number of anilines is 1. The molecule has 2 saturated heterocycles. The minimum atomic E-state index is -1.19. The van der Waals surface area contributed by atoms with Crippen LogP contribution in [0.3, 0.4) is 0 Å². The minimum Gasteiger partial charge on any atom is -0.497 e. The number of rotatable bonds is 8. The Kier molecular flexibility index (Phi) is 7.35. The summed E-state index contributed by atoms with van der Waals surface area (Å²) in [6, 6.07) is 14.3. The SMILES string of the molecule is COc1cccc(CN2C(=O)[C@@H]3[C@H](C(=O)Nc4cccc(SC)c4)[C@@H]4C=C[C@@]3(O4)[C@H]2C(=O)NC2CCCCC2)c1. The molecule has 2 bridgehead atoms. The lowest BCUT2D eigenvalue weighted by molar-refractivity contribution is -0.142. The number of carbonyl (C=O) groups excluding carboxylic acids is 3. The average Bonchev–Trinajstić information content (AvgIpc) is 3.61. The summed E-state index contributed by atoms with van der Waals surface area (Å²) in [5.74, 6) is -1.59. The summed E-state index contributed by atoms with van der Waals surface area (Å²) in [7, 11) is 1.60. The Balaban J connectivity index is 1.32. The van der Waals surface area contributed by atoms with Gasteiger partial charge < -0.3 is 25.0 Å².